The molecular formula is C17H15ClO4. The molecule has 0 spiro atoms. The van der Waals surface area contributed by atoms with Crippen LogP contribution in [-0.2, 0) is 4.74 Å². The van der Waals surface area contributed by atoms with E-state index < -0.39 is 11.9 Å². The Balaban J connectivity index is 2.19. The van der Waals surface area contributed by atoms with Crippen LogP contribution < -0.4 is 4.74 Å². The van der Waals surface area contributed by atoms with E-state index in [4.69, 9.17) is 21.1 Å². The van der Waals surface area contributed by atoms with E-state index in [9.17, 15) is 9.59 Å². The first-order chi connectivity index (χ1) is 10.5. The summed E-state index contributed by atoms with van der Waals surface area (Å²) in [4.78, 5) is 23.9. The van der Waals surface area contributed by atoms with Crippen LogP contribution in [0.2, 0.25) is 5.02 Å². The van der Waals surface area contributed by atoms with Gasteiger partial charge >= 0.3 is 11.9 Å². The number of benzene rings is 2. The second kappa shape index (κ2) is 7.09. The lowest BCUT2D eigenvalue weighted by Gasteiger charge is -2.08. The molecule has 0 aliphatic carbocycles. The van der Waals surface area contributed by atoms with Crippen LogP contribution in [0.1, 0.15) is 33.2 Å². The lowest BCUT2D eigenvalue weighted by molar-refractivity contribution is 0.0526. The number of hydrogen-bond donors (Lipinski definition) is 0. The summed E-state index contributed by atoms with van der Waals surface area (Å²) in [5, 5.41) is 0.571. The Kier molecular flexibility index (Phi) is 5.17. The molecule has 0 aliphatic rings. The van der Waals surface area contributed by atoms with E-state index >= 15 is 0 Å². The second-order valence-electron chi connectivity index (χ2n) is 4.60. The molecule has 5 heteroatoms. The minimum Gasteiger partial charge on any atom is -0.462 e. The smallest absolute Gasteiger partial charge is 0.343 e. The summed E-state index contributed by atoms with van der Waals surface area (Å²) in [7, 11) is 0. The highest BCUT2D eigenvalue weighted by Crippen LogP contribution is 2.23. The molecule has 0 amide bonds. The Morgan fingerprint density at radius 3 is 2.36 bits per heavy atom. The zero-order valence-corrected chi connectivity index (χ0v) is 13.0. The summed E-state index contributed by atoms with van der Waals surface area (Å²) in [5.41, 5.74) is 1.34. The molecule has 0 heterocycles. The third-order valence-electron chi connectivity index (χ3n) is 2.95. The molecule has 0 unspecified atom stereocenters. The number of carbonyl (C=O) groups is 2. The molecule has 4 nitrogen and oxygen atoms in total. The van der Waals surface area contributed by atoms with E-state index in [2.05, 4.69) is 0 Å². The molecule has 0 saturated carbocycles. The van der Waals surface area contributed by atoms with E-state index in [1.54, 1.807) is 50.2 Å². The van der Waals surface area contributed by atoms with Crippen LogP contribution >= 0.6 is 11.6 Å². The Hall–Kier alpha value is -2.33. The zero-order valence-electron chi connectivity index (χ0n) is 12.3. The number of halogens is 1. The van der Waals surface area contributed by atoms with Gasteiger partial charge < -0.3 is 9.47 Å². The normalized spacial score (nSPS) is 10.1. The highest BCUT2D eigenvalue weighted by Gasteiger charge is 2.14. The summed E-state index contributed by atoms with van der Waals surface area (Å²) in [6.45, 7) is 3.79. The number of carbonyl (C=O) groups excluding carboxylic acids is 2. The van der Waals surface area contributed by atoms with Crippen LogP contribution in [0.15, 0.2) is 42.5 Å². The van der Waals surface area contributed by atoms with Crippen molar-refractivity contribution in [3.05, 3.63) is 64.2 Å². The van der Waals surface area contributed by atoms with Gasteiger partial charge in [0.15, 0.2) is 0 Å². The Labute approximate surface area is 133 Å². The molecule has 22 heavy (non-hydrogen) atoms. The van der Waals surface area contributed by atoms with Gasteiger partial charge in [0, 0.05) is 5.02 Å². The molecule has 0 bridgehead atoms. The maximum absolute atomic E-state index is 12.2. The minimum atomic E-state index is -0.545. The number of esters is 2. The van der Waals surface area contributed by atoms with Crippen LogP contribution in [-0.4, -0.2) is 18.5 Å². The predicted molar refractivity (Wildman–Crippen MR) is 83.5 cm³/mol. The molecule has 0 N–H and O–H groups in total. The standard InChI is InChI=1S/C17H15ClO4/c1-3-21-16(19)12-5-4-6-13(10-12)17(20)22-15-8-7-14(18)9-11(15)2/h4-10H,3H2,1-2H3. The average Bonchev–Trinajstić information content (AvgIpc) is 2.50. The molecule has 2 aromatic rings. The number of aryl methyl sites for hydroxylation is 1. The molecule has 0 aromatic heterocycles. The number of rotatable bonds is 4. The van der Waals surface area contributed by atoms with Crippen molar-refractivity contribution in [2.45, 2.75) is 13.8 Å². The van der Waals surface area contributed by atoms with Gasteiger partial charge in [-0.2, -0.15) is 0 Å². The largest absolute Gasteiger partial charge is 0.462 e. The van der Waals surface area contributed by atoms with Crippen molar-refractivity contribution >= 4 is 23.5 Å². The van der Waals surface area contributed by atoms with Crippen molar-refractivity contribution in [2.75, 3.05) is 6.61 Å². The van der Waals surface area contributed by atoms with Gasteiger partial charge in [-0.15, -0.1) is 0 Å². The Morgan fingerprint density at radius 2 is 1.73 bits per heavy atom. The van der Waals surface area contributed by atoms with E-state index in [1.807, 2.05) is 0 Å². The topological polar surface area (TPSA) is 52.6 Å². The fourth-order valence-corrected chi connectivity index (χ4v) is 2.10. The summed E-state index contributed by atoms with van der Waals surface area (Å²) in [6.07, 6.45) is 0. The molecule has 114 valence electrons. The fraction of sp³-hybridized carbons (Fsp3) is 0.176. The van der Waals surface area contributed by atoms with E-state index in [-0.39, 0.29) is 12.2 Å². The Bertz CT molecular complexity index is 710. The summed E-state index contributed by atoms with van der Waals surface area (Å²) < 4.78 is 10.2. The molecule has 0 saturated heterocycles. The molecule has 2 aromatic carbocycles. The molecule has 0 radical (unpaired) electrons. The maximum Gasteiger partial charge on any atom is 0.343 e. The van der Waals surface area contributed by atoms with Crippen LogP contribution in [0.5, 0.6) is 5.75 Å². The fourth-order valence-electron chi connectivity index (χ4n) is 1.87. The zero-order chi connectivity index (χ0) is 16.1. The lowest BCUT2D eigenvalue weighted by Crippen LogP contribution is -2.11. The van der Waals surface area contributed by atoms with Gasteiger partial charge in [0.05, 0.1) is 17.7 Å². The minimum absolute atomic E-state index is 0.275. The summed E-state index contributed by atoms with van der Waals surface area (Å²) in [6, 6.07) is 11.2. The van der Waals surface area contributed by atoms with Gasteiger partial charge in [0.2, 0.25) is 0 Å². The van der Waals surface area contributed by atoms with Gasteiger partial charge in [0.1, 0.15) is 5.75 Å². The monoisotopic (exact) mass is 318 g/mol. The third-order valence-corrected chi connectivity index (χ3v) is 3.18. The second-order valence-corrected chi connectivity index (χ2v) is 5.04. The third kappa shape index (κ3) is 3.86. The quantitative estimate of drug-likeness (QED) is 0.630. The first kappa shape index (κ1) is 16.0. The van der Waals surface area contributed by atoms with Crippen LogP contribution in [0.3, 0.4) is 0 Å². The van der Waals surface area contributed by atoms with Gasteiger partial charge in [-0.1, -0.05) is 17.7 Å². The summed E-state index contributed by atoms with van der Waals surface area (Å²) in [5.74, 6) is -0.590. The number of ether oxygens (including phenoxy) is 2. The molecular weight excluding hydrogens is 304 g/mol. The van der Waals surface area contributed by atoms with Crippen LogP contribution in [0.25, 0.3) is 0 Å². The predicted octanol–water partition coefficient (Wildman–Crippen LogP) is 4.04. The van der Waals surface area contributed by atoms with Crippen molar-refractivity contribution < 1.29 is 19.1 Å². The first-order valence-electron chi connectivity index (χ1n) is 6.76. The molecule has 2 rings (SSSR count). The average molecular weight is 319 g/mol. The first-order valence-corrected chi connectivity index (χ1v) is 7.14. The highest BCUT2D eigenvalue weighted by molar-refractivity contribution is 6.30. The lowest BCUT2D eigenvalue weighted by atomic mass is 10.1. The van der Waals surface area contributed by atoms with E-state index in [0.717, 1.165) is 5.56 Å². The van der Waals surface area contributed by atoms with E-state index in [1.165, 1.54) is 6.07 Å². The maximum atomic E-state index is 12.2. The van der Waals surface area contributed by atoms with Gasteiger partial charge in [-0.25, -0.2) is 9.59 Å². The van der Waals surface area contributed by atoms with Gasteiger partial charge in [0.25, 0.3) is 0 Å². The Morgan fingerprint density at radius 1 is 1.05 bits per heavy atom. The van der Waals surface area contributed by atoms with Crippen molar-refractivity contribution in [1.29, 1.82) is 0 Å². The van der Waals surface area contributed by atoms with Crippen LogP contribution in [0.4, 0.5) is 0 Å². The molecule has 0 atom stereocenters. The van der Waals surface area contributed by atoms with Crippen molar-refractivity contribution in [1.82, 2.24) is 0 Å². The molecule has 0 aliphatic heterocycles. The SMILES string of the molecule is CCOC(=O)c1cccc(C(=O)Oc2ccc(Cl)cc2C)c1. The van der Waals surface area contributed by atoms with Gasteiger partial charge in [-0.05, 0) is 55.8 Å². The van der Waals surface area contributed by atoms with Crippen molar-refractivity contribution in [2.24, 2.45) is 0 Å². The van der Waals surface area contributed by atoms with Crippen molar-refractivity contribution in [3.8, 4) is 5.75 Å². The van der Waals surface area contributed by atoms with E-state index in [0.29, 0.717) is 16.3 Å². The van der Waals surface area contributed by atoms with Gasteiger partial charge in [-0.3, -0.25) is 0 Å². The van der Waals surface area contributed by atoms with Crippen LogP contribution in [0, 0.1) is 6.92 Å². The summed E-state index contributed by atoms with van der Waals surface area (Å²) >= 11 is 5.86. The highest BCUT2D eigenvalue weighted by atomic mass is 35.5. The molecule has 0 fully saturated rings. The number of hydrogen-bond acceptors (Lipinski definition) is 4. The van der Waals surface area contributed by atoms with Crippen molar-refractivity contribution in [3.63, 3.8) is 0 Å².